The van der Waals surface area contributed by atoms with E-state index in [1.165, 1.54) is 30.8 Å². The number of anilines is 1. The number of rotatable bonds is 7. The van der Waals surface area contributed by atoms with Crippen molar-refractivity contribution in [3.8, 4) is 0 Å². The molecule has 2 amide bonds. The molecule has 2 N–H and O–H groups in total. The van der Waals surface area contributed by atoms with Gasteiger partial charge in [0.25, 0.3) is 0 Å². The number of carbonyl (C=O) groups excluding carboxylic acids is 2. The quantitative estimate of drug-likeness (QED) is 0.754. The van der Waals surface area contributed by atoms with Crippen LogP contribution in [0.5, 0.6) is 0 Å². The van der Waals surface area contributed by atoms with Gasteiger partial charge in [-0.05, 0) is 37.3 Å². The highest BCUT2D eigenvalue weighted by molar-refractivity contribution is 8.00. The van der Waals surface area contributed by atoms with Crippen LogP contribution < -0.4 is 10.6 Å². The fourth-order valence-electron chi connectivity index (χ4n) is 1.50. The van der Waals surface area contributed by atoms with Crippen molar-refractivity contribution in [1.82, 2.24) is 5.32 Å². The summed E-state index contributed by atoms with van der Waals surface area (Å²) in [7, 11) is 0. The van der Waals surface area contributed by atoms with E-state index in [1.54, 1.807) is 6.92 Å². The van der Waals surface area contributed by atoms with Crippen molar-refractivity contribution in [2.24, 2.45) is 0 Å². The number of hydrogen-bond acceptors (Lipinski definition) is 3. The summed E-state index contributed by atoms with van der Waals surface area (Å²) in [6.45, 7) is 3.85. The van der Waals surface area contributed by atoms with E-state index in [1.807, 2.05) is 0 Å². The van der Waals surface area contributed by atoms with Crippen LogP contribution in [0.15, 0.2) is 18.2 Å². The highest BCUT2D eigenvalue weighted by atomic mass is 35.5. The van der Waals surface area contributed by atoms with E-state index < -0.39 is 5.82 Å². The van der Waals surface area contributed by atoms with Crippen molar-refractivity contribution in [3.63, 3.8) is 0 Å². The van der Waals surface area contributed by atoms with Crippen molar-refractivity contribution in [2.75, 3.05) is 17.6 Å². The zero-order valence-electron chi connectivity index (χ0n) is 11.9. The third-order valence-corrected chi connectivity index (χ3v) is 4.17. The molecule has 7 heteroatoms. The van der Waals surface area contributed by atoms with Gasteiger partial charge in [-0.2, -0.15) is 0 Å². The Morgan fingerprint density at radius 3 is 2.76 bits per heavy atom. The summed E-state index contributed by atoms with van der Waals surface area (Å²) in [5.41, 5.74) is 0.397. The molecule has 21 heavy (non-hydrogen) atoms. The van der Waals surface area contributed by atoms with Crippen molar-refractivity contribution < 1.29 is 14.0 Å². The number of hydrogen-bond donors (Lipinski definition) is 2. The average molecular weight is 333 g/mol. The number of carbonyl (C=O) groups is 2. The maximum Gasteiger partial charge on any atom is 0.237 e. The second-order valence-electron chi connectivity index (χ2n) is 4.46. The third-order valence-electron chi connectivity index (χ3n) is 2.62. The summed E-state index contributed by atoms with van der Waals surface area (Å²) in [5, 5.41) is 5.28. The Balaban J connectivity index is 2.35. The lowest BCUT2D eigenvalue weighted by Gasteiger charge is -2.13. The molecule has 0 aliphatic carbocycles. The van der Waals surface area contributed by atoms with E-state index in [2.05, 4.69) is 10.6 Å². The number of halogens is 2. The minimum Gasteiger partial charge on any atom is -0.356 e. The molecule has 0 fully saturated rings. The topological polar surface area (TPSA) is 58.2 Å². The molecule has 1 aromatic rings. The molecule has 0 heterocycles. The molecule has 1 atom stereocenters. The van der Waals surface area contributed by atoms with Crippen LogP contribution in [-0.2, 0) is 9.59 Å². The van der Waals surface area contributed by atoms with Crippen LogP contribution in [0.2, 0.25) is 5.02 Å². The van der Waals surface area contributed by atoms with Crippen molar-refractivity contribution in [1.29, 1.82) is 0 Å². The molecule has 0 aromatic heterocycles. The number of benzene rings is 1. The summed E-state index contributed by atoms with van der Waals surface area (Å²) in [5.74, 6) is 0.0645. The molecule has 0 aliphatic rings. The SMILES string of the molecule is CC(=O)NCCCS[C@H](C)C(=O)Nc1ccc(F)cc1Cl. The van der Waals surface area contributed by atoms with Crippen molar-refractivity contribution in [3.05, 3.63) is 29.0 Å². The zero-order valence-corrected chi connectivity index (χ0v) is 13.5. The van der Waals surface area contributed by atoms with Gasteiger partial charge in [0.2, 0.25) is 11.8 Å². The Morgan fingerprint density at radius 2 is 2.14 bits per heavy atom. The molecular weight excluding hydrogens is 315 g/mol. The fourth-order valence-corrected chi connectivity index (χ4v) is 2.59. The summed E-state index contributed by atoms with van der Waals surface area (Å²) in [6.07, 6.45) is 0.791. The van der Waals surface area contributed by atoms with Gasteiger partial charge in [-0.3, -0.25) is 9.59 Å². The summed E-state index contributed by atoms with van der Waals surface area (Å²) < 4.78 is 12.9. The van der Waals surface area contributed by atoms with Gasteiger partial charge in [-0.15, -0.1) is 11.8 Å². The predicted octanol–water partition coefficient (Wildman–Crippen LogP) is 3.07. The first kappa shape index (κ1) is 17.8. The largest absolute Gasteiger partial charge is 0.356 e. The van der Waals surface area contributed by atoms with Crippen molar-refractivity contribution in [2.45, 2.75) is 25.5 Å². The van der Waals surface area contributed by atoms with E-state index in [0.29, 0.717) is 12.2 Å². The molecule has 0 bridgehead atoms. The first-order chi connectivity index (χ1) is 9.90. The van der Waals surface area contributed by atoms with E-state index in [4.69, 9.17) is 11.6 Å². The lowest BCUT2D eigenvalue weighted by molar-refractivity contribution is -0.119. The zero-order chi connectivity index (χ0) is 15.8. The summed E-state index contributed by atoms with van der Waals surface area (Å²) in [6, 6.07) is 3.83. The summed E-state index contributed by atoms with van der Waals surface area (Å²) in [4.78, 5) is 22.7. The maximum atomic E-state index is 12.9. The Morgan fingerprint density at radius 1 is 1.43 bits per heavy atom. The minimum absolute atomic E-state index is 0.0586. The average Bonchev–Trinajstić information content (AvgIpc) is 2.40. The molecule has 0 saturated carbocycles. The Hall–Kier alpha value is -1.27. The first-order valence-electron chi connectivity index (χ1n) is 6.52. The monoisotopic (exact) mass is 332 g/mol. The van der Waals surface area contributed by atoms with Gasteiger partial charge in [0.15, 0.2) is 0 Å². The fraction of sp³-hybridized carbons (Fsp3) is 0.429. The molecule has 0 aliphatic heterocycles. The molecule has 0 radical (unpaired) electrons. The lowest BCUT2D eigenvalue weighted by atomic mass is 10.3. The van der Waals surface area contributed by atoms with Crippen LogP contribution in [0.4, 0.5) is 10.1 Å². The lowest BCUT2D eigenvalue weighted by Crippen LogP contribution is -2.24. The van der Waals surface area contributed by atoms with Gasteiger partial charge >= 0.3 is 0 Å². The summed E-state index contributed by atoms with van der Waals surface area (Å²) >= 11 is 7.34. The van der Waals surface area contributed by atoms with Crippen LogP contribution in [0.25, 0.3) is 0 Å². The van der Waals surface area contributed by atoms with Crippen molar-refractivity contribution >= 4 is 40.9 Å². The number of nitrogens with one attached hydrogen (secondary N) is 2. The van der Waals surface area contributed by atoms with E-state index in [9.17, 15) is 14.0 Å². The molecule has 1 aromatic carbocycles. The molecule has 1 rings (SSSR count). The van der Waals surface area contributed by atoms with Gasteiger partial charge in [-0.25, -0.2) is 4.39 Å². The van der Waals surface area contributed by atoms with Gasteiger partial charge < -0.3 is 10.6 Å². The molecule has 0 unspecified atom stereocenters. The number of amides is 2. The van der Waals surface area contributed by atoms with Crippen LogP contribution in [0.3, 0.4) is 0 Å². The van der Waals surface area contributed by atoms with Gasteiger partial charge in [0.05, 0.1) is 16.0 Å². The molecule has 0 spiro atoms. The van der Waals surface area contributed by atoms with Crippen LogP contribution in [0.1, 0.15) is 20.3 Å². The van der Waals surface area contributed by atoms with Gasteiger partial charge in [0, 0.05) is 13.5 Å². The Kier molecular flexibility index (Phi) is 7.53. The van der Waals surface area contributed by atoms with Gasteiger partial charge in [-0.1, -0.05) is 11.6 Å². The van der Waals surface area contributed by atoms with Gasteiger partial charge in [0.1, 0.15) is 5.82 Å². The highest BCUT2D eigenvalue weighted by Crippen LogP contribution is 2.23. The standard InChI is InChI=1S/C14H18ClFN2O2S/c1-9(21-7-3-6-17-10(2)19)14(20)18-13-5-4-11(16)8-12(13)15/h4-5,8-9H,3,6-7H2,1-2H3,(H,17,19)(H,18,20)/t9-/m1/s1. The second-order valence-corrected chi connectivity index (χ2v) is 6.32. The van der Waals surface area contributed by atoms with Crippen LogP contribution >= 0.6 is 23.4 Å². The normalized spacial score (nSPS) is 11.8. The Labute approximate surface area is 132 Å². The first-order valence-corrected chi connectivity index (χ1v) is 7.94. The predicted molar refractivity (Wildman–Crippen MR) is 85.3 cm³/mol. The van der Waals surface area contributed by atoms with Crippen LogP contribution in [-0.4, -0.2) is 29.4 Å². The molecular formula is C14H18ClFN2O2S. The molecule has 0 saturated heterocycles. The van der Waals surface area contributed by atoms with E-state index in [-0.39, 0.29) is 22.1 Å². The number of thioether (sulfide) groups is 1. The second kappa shape index (κ2) is 8.89. The third kappa shape index (κ3) is 6.82. The van der Waals surface area contributed by atoms with E-state index in [0.717, 1.165) is 18.2 Å². The highest BCUT2D eigenvalue weighted by Gasteiger charge is 2.14. The maximum absolute atomic E-state index is 12.9. The minimum atomic E-state index is -0.446. The Bertz CT molecular complexity index is 514. The van der Waals surface area contributed by atoms with E-state index >= 15 is 0 Å². The smallest absolute Gasteiger partial charge is 0.237 e. The molecule has 4 nitrogen and oxygen atoms in total. The van der Waals surface area contributed by atoms with Crippen LogP contribution in [0, 0.1) is 5.82 Å². The molecule has 116 valence electrons.